The molecular formula is C18H20N8O3. The summed E-state index contributed by atoms with van der Waals surface area (Å²) in [5, 5.41) is 19.0. The third-order valence-corrected chi connectivity index (χ3v) is 4.60. The lowest BCUT2D eigenvalue weighted by Crippen LogP contribution is -2.16. The summed E-state index contributed by atoms with van der Waals surface area (Å²) in [5.41, 5.74) is 7.73. The topological polar surface area (TPSA) is 158 Å². The number of aryl methyl sites for hydroxylation is 1. The molecule has 3 heterocycles. The lowest BCUT2D eigenvalue weighted by molar-refractivity contribution is 0.205. The fraction of sp³-hybridized carbons (Fsp3) is 0.333. The molecule has 0 unspecified atom stereocenters. The number of primary amides is 1. The van der Waals surface area contributed by atoms with Gasteiger partial charge in [-0.25, -0.2) is 14.8 Å². The van der Waals surface area contributed by atoms with Crippen molar-refractivity contribution in [2.75, 3.05) is 5.32 Å². The molecule has 1 saturated carbocycles. The number of nitrogens with one attached hydrogen (secondary N) is 1. The van der Waals surface area contributed by atoms with Crippen LogP contribution in [0.15, 0.2) is 28.8 Å². The number of benzene rings is 1. The van der Waals surface area contributed by atoms with Gasteiger partial charge in [-0.1, -0.05) is 18.1 Å². The first-order valence-corrected chi connectivity index (χ1v) is 9.20. The highest BCUT2D eigenvalue weighted by Crippen LogP contribution is 2.23. The fourth-order valence-electron chi connectivity index (χ4n) is 3.38. The zero-order valence-corrected chi connectivity index (χ0v) is 15.7. The number of anilines is 1. The smallest absolute Gasteiger partial charge is 0.402 e. The lowest BCUT2D eigenvalue weighted by atomic mass is 10.2. The lowest BCUT2D eigenvalue weighted by Gasteiger charge is -2.11. The SMILES string of the molecule is Cc1nc2ccc(-n3nnc4cnc(NC5CCCC5)nc43)cc2o1.NC(=O)O. The van der Waals surface area contributed by atoms with Crippen LogP contribution in [0.2, 0.25) is 0 Å². The van der Waals surface area contributed by atoms with Crippen molar-refractivity contribution < 1.29 is 14.3 Å². The van der Waals surface area contributed by atoms with Gasteiger partial charge < -0.3 is 20.6 Å². The van der Waals surface area contributed by atoms with E-state index >= 15 is 0 Å². The van der Waals surface area contributed by atoms with Crippen LogP contribution in [0.3, 0.4) is 0 Å². The summed E-state index contributed by atoms with van der Waals surface area (Å²) in [4.78, 5) is 22.1. The average Bonchev–Trinajstić information content (AvgIpc) is 3.39. The normalized spacial score (nSPS) is 14.1. The van der Waals surface area contributed by atoms with Crippen molar-refractivity contribution in [2.24, 2.45) is 5.73 Å². The summed E-state index contributed by atoms with van der Waals surface area (Å²) < 4.78 is 7.32. The number of oxazole rings is 1. The van der Waals surface area contributed by atoms with Gasteiger partial charge in [0.2, 0.25) is 5.95 Å². The first-order chi connectivity index (χ1) is 14.0. The van der Waals surface area contributed by atoms with Gasteiger partial charge in [0, 0.05) is 19.0 Å². The van der Waals surface area contributed by atoms with E-state index in [0.717, 1.165) is 16.8 Å². The van der Waals surface area contributed by atoms with E-state index in [2.05, 4.69) is 36.3 Å². The Bertz CT molecular complexity index is 1160. The van der Waals surface area contributed by atoms with Crippen molar-refractivity contribution in [1.29, 1.82) is 0 Å². The summed E-state index contributed by atoms with van der Waals surface area (Å²) in [7, 11) is 0. The molecule has 150 valence electrons. The molecule has 3 aromatic heterocycles. The van der Waals surface area contributed by atoms with E-state index in [1.807, 2.05) is 25.1 Å². The van der Waals surface area contributed by atoms with E-state index in [4.69, 9.17) is 14.3 Å². The Kier molecular flexibility index (Phi) is 4.94. The molecular weight excluding hydrogens is 376 g/mol. The number of hydrogen-bond donors (Lipinski definition) is 3. The molecule has 0 atom stereocenters. The third-order valence-electron chi connectivity index (χ3n) is 4.60. The second kappa shape index (κ2) is 7.70. The quantitative estimate of drug-likeness (QED) is 0.473. The highest BCUT2D eigenvalue weighted by Gasteiger charge is 2.17. The highest BCUT2D eigenvalue weighted by molar-refractivity contribution is 5.77. The van der Waals surface area contributed by atoms with Crippen molar-refractivity contribution in [1.82, 2.24) is 29.9 Å². The molecule has 5 rings (SSSR count). The minimum Gasteiger partial charge on any atom is -0.465 e. The van der Waals surface area contributed by atoms with Crippen molar-refractivity contribution in [2.45, 2.75) is 38.6 Å². The Morgan fingerprint density at radius 1 is 1.28 bits per heavy atom. The van der Waals surface area contributed by atoms with Gasteiger partial charge in [-0.2, -0.15) is 9.67 Å². The van der Waals surface area contributed by atoms with Gasteiger partial charge >= 0.3 is 6.09 Å². The van der Waals surface area contributed by atoms with Crippen LogP contribution in [0, 0.1) is 6.92 Å². The number of carbonyl (C=O) groups is 1. The summed E-state index contributed by atoms with van der Waals surface area (Å²) in [6.45, 7) is 1.83. The van der Waals surface area contributed by atoms with Crippen molar-refractivity contribution in [3.8, 4) is 5.69 Å². The summed E-state index contributed by atoms with van der Waals surface area (Å²) >= 11 is 0. The molecule has 1 aliphatic carbocycles. The number of carboxylic acid groups (broad SMARTS) is 1. The molecule has 1 amide bonds. The maximum atomic E-state index is 8.78. The standard InChI is InChI=1S/C17H17N7O.CH3NO2/c1-10-19-13-7-6-12(8-15(13)25-10)24-16-14(22-23-24)9-18-17(21-16)20-11-4-2-3-5-11;2-1(3)4/h6-9,11H,2-5H2,1H3,(H,18,20,21);2H2,(H,3,4). The van der Waals surface area contributed by atoms with Gasteiger partial charge in [0.1, 0.15) is 5.52 Å². The molecule has 0 aliphatic heterocycles. The molecule has 0 saturated heterocycles. The molecule has 4 aromatic rings. The van der Waals surface area contributed by atoms with E-state index < -0.39 is 6.09 Å². The number of nitrogens with zero attached hydrogens (tertiary/aromatic N) is 6. The van der Waals surface area contributed by atoms with Gasteiger partial charge in [0.25, 0.3) is 0 Å². The van der Waals surface area contributed by atoms with Crippen LogP contribution in [0.1, 0.15) is 31.6 Å². The summed E-state index contributed by atoms with van der Waals surface area (Å²) in [6.07, 6.45) is 5.23. The predicted molar refractivity (Wildman–Crippen MR) is 105 cm³/mol. The molecule has 0 spiro atoms. The molecule has 0 radical (unpaired) electrons. The Morgan fingerprint density at radius 2 is 2.03 bits per heavy atom. The Labute approximate surface area is 165 Å². The first-order valence-electron chi connectivity index (χ1n) is 9.20. The average molecular weight is 396 g/mol. The van der Waals surface area contributed by atoms with Gasteiger partial charge in [-0.05, 0) is 25.0 Å². The van der Waals surface area contributed by atoms with E-state index in [1.165, 1.54) is 25.7 Å². The number of fused-ring (bicyclic) bond motifs is 2. The Morgan fingerprint density at radius 3 is 2.79 bits per heavy atom. The summed E-state index contributed by atoms with van der Waals surface area (Å²) in [5.74, 6) is 1.26. The van der Waals surface area contributed by atoms with Crippen LogP contribution in [0.25, 0.3) is 28.0 Å². The van der Waals surface area contributed by atoms with Crippen LogP contribution < -0.4 is 11.1 Å². The second-order valence-electron chi connectivity index (χ2n) is 6.75. The molecule has 11 nitrogen and oxygen atoms in total. The second-order valence-corrected chi connectivity index (χ2v) is 6.75. The van der Waals surface area contributed by atoms with Crippen LogP contribution in [0.5, 0.6) is 0 Å². The van der Waals surface area contributed by atoms with Crippen LogP contribution in [0.4, 0.5) is 10.7 Å². The number of aromatic nitrogens is 6. The Hall–Kier alpha value is -3.76. The van der Waals surface area contributed by atoms with E-state index in [1.54, 1.807) is 10.9 Å². The van der Waals surface area contributed by atoms with E-state index in [9.17, 15) is 0 Å². The fourth-order valence-corrected chi connectivity index (χ4v) is 3.38. The third kappa shape index (κ3) is 4.08. The first kappa shape index (κ1) is 18.6. The van der Waals surface area contributed by atoms with Crippen molar-refractivity contribution >= 4 is 34.3 Å². The largest absolute Gasteiger partial charge is 0.465 e. The minimum absolute atomic E-state index is 0.454. The minimum atomic E-state index is -1.33. The molecule has 29 heavy (non-hydrogen) atoms. The van der Waals surface area contributed by atoms with Crippen molar-refractivity contribution in [3.63, 3.8) is 0 Å². The van der Waals surface area contributed by atoms with E-state index in [0.29, 0.717) is 29.0 Å². The zero-order valence-electron chi connectivity index (χ0n) is 15.7. The van der Waals surface area contributed by atoms with Crippen molar-refractivity contribution in [3.05, 3.63) is 30.3 Å². The molecule has 0 bridgehead atoms. The Balaban J connectivity index is 0.000000472. The summed E-state index contributed by atoms with van der Waals surface area (Å²) in [6, 6.07) is 6.20. The zero-order chi connectivity index (χ0) is 20.4. The predicted octanol–water partition coefficient (Wildman–Crippen LogP) is 2.64. The van der Waals surface area contributed by atoms with Gasteiger partial charge in [0.05, 0.1) is 11.9 Å². The van der Waals surface area contributed by atoms with E-state index in [-0.39, 0.29) is 0 Å². The number of amides is 1. The molecule has 4 N–H and O–H groups in total. The molecule has 1 aliphatic rings. The van der Waals surface area contributed by atoms with Crippen LogP contribution >= 0.6 is 0 Å². The molecule has 11 heteroatoms. The molecule has 1 fully saturated rings. The van der Waals surface area contributed by atoms with Crippen LogP contribution in [-0.2, 0) is 0 Å². The molecule has 1 aromatic carbocycles. The van der Waals surface area contributed by atoms with Gasteiger partial charge in [-0.3, -0.25) is 0 Å². The number of rotatable bonds is 3. The monoisotopic (exact) mass is 396 g/mol. The maximum Gasteiger partial charge on any atom is 0.402 e. The van der Waals surface area contributed by atoms with Crippen LogP contribution in [-0.4, -0.2) is 47.2 Å². The maximum absolute atomic E-state index is 8.78. The highest BCUT2D eigenvalue weighted by atomic mass is 16.4. The number of hydrogen-bond acceptors (Lipinski definition) is 8. The van der Waals surface area contributed by atoms with Gasteiger partial charge in [-0.15, -0.1) is 5.10 Å². The van der Waals surface area contributed by atoms with Gasteiger partial charge in [0.15, 0.2) is 22.6 Å². The number of nitrogens with two attached hydrogens (primary N) is 1.